The summed E-state index contributed by atoms with van der Waals surface area (Å²) in [6, 6.07) is 5.54. The smallest absolute Gasteiger partial charge is 0.224 e. The third-order valence-electron chi connectivity index (χ3n) is 1.91. The zero-order valence-electron chi connectivity index (χ0n) is 8.68. The Kier molecular flexibility index (Phi) is 3.26. The molecule has 0 aliphatic carbocycles. The summed E-state index contributed by atoms with van der Waals surface area (Å²) in [6.07, 6.45) is 1.63. The first-order chi connectivity index (χ1) is 7.74. The van der Waals surface area contributed by atoms with Crippen molar-refractivity contribution in [3.05, 3.63) is 41.1 Å². The van der Waals surface area contributed by atoms with Crippen LogP contribution in [-0.2, 0) is 6.54 Å². The van der Waals surface area contributed by atoms with Crippen molar-refractivity contribution >= 4 is 17.4 Å². The topological polar surface area (TPSA) is 63.6 Å². The molecule has 16 heavy (non-hydrogen) atoms. The fourth-order valence-electron chi connectivity index (χ4n) is 1.23. The van der Waals surface area contributed by atoms with Crippen molar-refractivity contribution in [1.82, 2.24) is 20.2 Å². The fraction of sp³-hybridized carbons (Fsp3) is 0.200. The second-order valence-electron chi connectivity index (χ2n) is 3.23. The molecule has 0 aliphatic rings. The molecule has 2 rings (SSSR count). The molecule has 0 fully saturated rings. The number of nitrogens with zero attached hydrogens (tertiary/aromatic N) is 4. The van der Waals surface area contributed by atoms with Crippen molar-refractivity contribution in [2.75, 3.05) is 5.32 Å². The highest BCUT2D eigenvalue weighted by molar-refractivity contribution is 6.28. The molecule has 0 spiro atoms. The van der Waals surface area contributed by atoms with E-state index in [4.69, 9.17) is 11.6 Å². The molecule has 6 heteroatoms. The van der Waals surface area contributed by atoms with Crippen LogP contribution in [0.3, 0.4) is 0 Å². The van der Waals surface area contributed by atoms with Gasteiger partial charge in [-0.1, -0.05) is 0 Å². The van der Waals surface area contributed by atoms with Gasteiger partial charge in [0, 0.05) is 18.0 Å². The van der Waals surface area contributed by atoms with Crippen LogP contribution in [-0.4, -0.2) is 20.2 Å². The number of halogens is 1. The maximum absolute atomic E-state index is 5.74. The molecule has 0 bridgehead atoms. The molecule has 2 aromatic heterocycles. The Bertz CT molecular complexity index is 454. The van der Waals surface area contributed by atoms with Gasteiger partial charge in [-0.25, -0.2) is 9.97 Å². The average molecular weight is 236 g/mol. The molecule has 82 valence electrons. The summed E-state index contributed by atoms with van der Waals surface area (Å²) >= 11 is 5.74. The van der Waals surface area contributed by atoms with Crippen molar-refractivity contribution in [3.8, 4) is 0 Å². The van der Waals surface area contributed by atoms with Crippen LogP contribution >= 0.6 is 11.6 Å². The highest BCUT2D eigenvalue weighted by atomic mass is 35.5. The van der Waals surface area contributed by atoms with E-state index in [-0.39, 0.29) is 5.28 Å². The number of anilines is 1. The number of aryl methyl sites for hydroxylation is 1. The van der Waals surface area contributed by atoms with Gasteiger partial charge >= 0.3 is 0 Å². The molecule has 0 aromatic carbocycles. The second kappa shape index (κ2) is 4.85. The average Bonchev–Trinajstić information content (AvgIpc) is 2.27. The first-order valence-electron chi connectivity index (χ1n) is 4.76. The Morgan fingerprint density at radius 3 is 2.94 bits per heavy atom. The van der Waals surface area contributed by atoms with Crippen molar-refractivity contribution in [2.24, 2.45) is 0 Å². The van der Waals surface area contributed by atoms with Gasteiger partial charge in [-0.15, -0.1) is 0 Å². The number of aromatic nitrogens is 4. The number of hydrogen-bond donors (Lipinski definition) is 1. The lowest BCUT2D eigenvalue weighted by Gasteiger charge is -2.05. The molecule has 2 aromatic rings. The van der Waals surface area contributed by atoms with E-state index in [0.29, 0.717) is 12.4 Å². The Hall–Kier alpha value is -1.75. The minimum atomic E-state index is 0.238. The monoisotopic (exact) mass is 235 g/mol. The van der Waals surface area contributed by atoms with E-state index >= 15 is 0 Å². The summed E-state index contributed by atoms with van der Waals surface area (Å²) in [6.45, 7) is 2.42. The molecule has 0 amide bonds. The Morgan fingerprint density at radius 2 is 2.25 bits per heavy atom. The minimum Gasteiger partial charge on any atom is -0.364 e. The van der Waals surface area contributed by atoms with Crippen LogP contribution in [0, 0.1) is 6.92 Å². The molecule has 0 atom stereocenters. The molecule has 0 aliphatic heterocycles. The molecular formula is C10H10ClN5. The first kappa shape index (κ1) is 10.8. The summed E-state index contributed by atoms with van der Waals surface area (Å²) in [5.74, 6) is 0.683. The lowest BCUT2D eigenvalue weighted by Crippen LogP contribution is -2.04. The predicted molar refractivity (Wildman–Crippen MR) is 61.1 cm³/mol. The number of hydrogen-bond acceptors (Lipinski definition) is 5. The summed E-state index contributed by atoms with van der Waals surface area (Å²) < 4.78 is 0. The number of nitrogens with one attached hydrogen (secondary N) is 1. The van der Waals surface area contributed by atoms with E-state index < -0.39 is 0 Å². The first-order valence-corrected chi connectivity index (χ1v) is 5.13. The summed E-state index contributed by atoms with van der Waals surface area (Å²) in [5, 5.41) is 11.1. The maximum Gasteiger partial charge on any atom is 0.224 e. The molecule has 0 radical (unpaired) electrons. The third-order valence-corrected chi connectivity index (χ3v) is 2.07. The molecule has 0 unspecified atom stereocenters. The number of rotatable bonds is 3. The van der Waals surface area contributed by atoms with Gasteiger partial charge in [-0.05, 0) is 30.7 Å². The Labute approximate surface area is 97.9 Å². The summed E-state index contributed by atoms with van der Waals surface area (Å²) in [7, 11) is 0. The molecule has 0 saturated heterocycles. The quantitative estimate of drug-likeness (QED) is 0.823. The van der Waals surface area contributed by atoms with Gasteiger partial charge < -0.3 is 5.32 Å². The third kappa shape index (κ3) is 2.87. The van der Waals surface area contributed by atoms with Crippen LogP contribution in [0.2, 0.25) is 5.28 Å². The Balaban J connectivity index is 2.05. The largest absolute Gasteiger partial charge is 0.364 e. The maximum atomic E-state index is 5.74. The van der Waals surface area contributed by atoms with Crippen molar-refractivity contribution in [2.45, 2.75) is 13.5 Å². The molecular weight excluding hydrogens is 226 g/mol. The van der Waals surface area contributed by atoms with Crippen molar-refractivity contribution < 1.29 is 0 Å². The van der Waals surface area contributed by atoms with E-state index in [9.17, 15) is 0 Å². The highest BCUT2D eigenvalue weighted by Gasteiger charge is 2.00. The van der Waals surface area contributed by atoms with Gasteiger partial charge in [0.25, 0.3) is 0 Å². The van der Waals surface area contributed by atoms with Gasteiger partial charge in [0.15, 0.2) is 0 Å². The van der Waals surface area contributed by atoms with E-state index in [1.165, 1.54) is 0 Å². The lowest BCUT2D eigenvalue weighted by atomic mass is 10.4. The van der Waals surface area contributed by atoms with Gasteiger partial charge in [0.1, 0.15) is 5.82 Å². The van der Waals surface area contributed by atoms with Gasteiger partial charge in [0.05, 0.1) is 12.2 Å². The van der Waals surface area contributed by atoms with E-state index in [1.807, 2.05) is 25.1 Å². The molecule has 1 N–H and O–H groups in total. The zero-order valence-corrected chi connectivity index (χ0v) is 9.44. The normalized spacial score (nSPS) is 10.1. The van der Waals surface area contributed by atoms with E-state index in [1.54, 1.807) is 6.20 Å². The minimum absolute atomic E-state index is 0.238. The van der Waals surface area contributed by atoms with Gasteiger partial charge in [-0.2, -0.15) is 10.2 Å². The lowest BCUT2D eigenvalue weighted by molar-refractivity contribution is 0.918. The van der Waals surface area contributed by atoms with E-state index in [0.717, 1.165) is 11.4 Å². The van der Waals surface area contributed by atoms with Crippen LogP contribution in [0.15, 0.2) is 24.4 Å². The summed E-state index contributed by atoms with van der Waals surface area (Å²) in [4.78, 5) is 8.02. The van der Waals surface area contributed by atoms with E-state index in [2.05, 4.69) is 25.5 Å². The zero-order chi connectivity index (χ0) is 11.4. The Morgan fingerprint density at radius 1 is 1.38 bits per heavy atom. The van der Waals surface area contributed by atoms with Crippen LogP contribution < -0.4 is 5.32 Å². The standard InChI is InChI=1S/C10H10ClN5/c1-7-5-9(15-10(11)14-7)12-6-8-3-2-4-13-16-8/h2-5H,6H2,1H3,(H,12,14,15). The molecule has 0 saturated carbocycles. The highest BCUT2D eigenvalue weighted by Crippen LogP contribution is 2.10. The van der Waals surface area contributed by atoms with Crippen molar-refractivity contribution in [3.63, 3.8) is 0 Å². The van der Waals surface area contributed by atoms with Crippen LogP contribution in [0.1, 0.15) is 11.4 Å². The molecule has 5 nitrogen and oxygen atoms in total. The van der Waals surface area contributed by atoms with Crippen LogP contribution in [0.25, 0.3) is 0 Å². The summed E-state index contributed by atoms with van der Waals surface area (Å²) in [5.41, 5.74) is 1.66. The van der Waals surface area contributed by atoms with Gasteiger partial charge in [0.2, 0.25) is 5.28 Å². The van der Waals surface area contributed by atoms with Crippen molar-refractivity contribution in [1.29, 1.82) is 0 Å². The van der Waals surface area contributed by atoms with Crippen LogP contribution in [0.5, 0.6) is 0 Å². The molecule has 2 heterocycles. The second-order valence-corrected chi connectivity index (χ2v) is 3.57. The fourth-order valence-corrected chi connectivity index (χ4v) is 1.46. The van der Waals surface area contributed by atoms with Crippen LogP contribution in [0.4, 0.5) is 5.82 Å². The SMILES string of the molecule is Cc1cc(NCc2cccnn2)nc(Cl)n1. The van der Waals surface area contributed by atoms with Gasteiger partial charge in [-0.3, -0.25) is 0 Å². The predicted octanol–water partition coefficient (Wildman–Crippen LogP) is 1.84.